The predicted octanol–water partition coefficient (Wildman–Crippen LogP) is 2.86. The van der Waals surface area contributed by atoms with Crippen LogP contribution in [-0.2, 0) is 9.53 Å². The summed E-state index contributed by atoms with van der Waals surface area (Å²) in [6.07, 6.45) is 5.78. The van der Waals surface area contributed by atoms with Crippen LogP contribution in [0.15, 0.2) is 36.9 Å². The molecule has 1 fully saturated rings. The third-order valence-corrected chi connectivity index (χ3v) is 4.12. The molecule has 2 rings (SSSR count). The number of hydrogen-bond donors (Lipinski definition) is 1. The molecule has 1 aliphatic carbocycles. The van der Waals surface area contributed by atoms with Crippen LogP contribution in [0.25, 0.3) is 0 Å². The summed E-state index contributed by atoms with van der Waals surface area (Å²) in [6.45, 7) is 4.00. The zero-order chi connectivity index (χ0) is 16.7. The van der Waals surface area contributed by atoms with E-state index in [1.807, 2.05) is 0 Å². The SMILES string of the molecule is C=CCOc1ccc(C(=O)NC2(C(=O)OC)CCCCC2)cc1. The molecule has 124 valence electrons. The van der Waals surface area contributed by atoms with Crippen molar-refractivity contribution in [2.45, 2.75) is 37.6 Å². The number of rotatable bonds is 6. The average molecular weight is 317 g/mol. The lowest BCUT2D eigenvalue weighted by Crippen LogP contribution is -2.56. The number of nitrogens with one attached hydrogen (secondary N) is 1. The van der Waals surface area contributed by atoms with Crippen molar-refractivity contribution in [1.82, 2.24) is 5.32 Å². The summed E-state index contributed by atoms with van der Waals surface area (Å²) in [5.74, 6) is 0.0332. The van der Waals surface area contributed by atoms with Crippen molar-refractivity contribution in [1.29, 1.82) is 0 Å². The average Bonchev–Trinajstić information content (AvgIpc) is 2.60. The third-order valence-electron chi connectivity index (χ3n) is 4.12. The van der Waals surface area contributed by atoms with E-state index in [1.54, 1.807) is 30.3 Å². The molecule has 0 atom stereocenters. The van der Waals surface area contributed by atoms with Gasteiger partial charge in [0.2, 0.25) is 0 Å². The van der Waals surface area contributed by atoms with Gasteiger partial charge in [-0.2, -0.15) is 0 Å². The summed E-state index contributed by atoms with van der Waals surface area (Å²) in [5, 5.41) is 2.89. The van der Waals surface area contributed by atoms with Crippen LogP contribution < -0.4 is 10.1 Å². The lowest BCUT2D eigenvalue weighted by molar-refractivity contribution is -0.149. The van der Waals surface area contributed by atoms with E-state index in [-0.39, 0.29) is 11.9 Å². The summed E-state index contributed by atoms with van der Waals surface area (Å²) in [6, 6.07) is 6.82. The van der Waals surface area contributed by atoms with Gasteiger partial charge in [-0.25, -0.2) is 4.79 Å². The van der Waals surface area contributed by atoms with Gasteiger partial charge in [-0.1, -0.05) is 31.9 Å². The highest BCUT2D eigenvalue weighted by Crippen LogP contribution is 2.29. The fraction of sp³-hybridized carbons (Fsp3) is 0.444. The molecule has 0 saturated heterocycles. The Morgan fingerprint density at radius 2 is 1.87 bits per heavy atom. The first-order valence-electron chi connectivity index (χ1n) is 7.86. The molecule has 1 N–H and O–H groups in total. The number of carbonyl (C=O) groups excluding carboxylic acids is 2. The van der Waals surface area contributed by atoms with Gasteiger partial charge in [-0.15, -0.1) is 0 Å². The van der Waals surface area contributed by atoms with E-state index < -0.39 is 5.54 Å². The number of carbonyl (C=O) groups is 2. The monoisotopic (exact) mass is 317 g/mol. The fourth-order valence-electron chi connectivity index (χ4n) is 2.88. The first kappa shape index (κ1) is 17.1. The molecular weight excluding hydrogens is 294 g/mol. The molecule has 1 aromatic rings. The smallest absolute Gasteiger partial charge is 0.331 e. The third kappa shape index (κ3) is 4.12. The van der Waals surface area contributed by atoms with E-state index in [2.05, 4.69) is 11.9 Å². The number of amides is 1. The number of ether oxygens (including phenoxy) is 2. The van der Waals surface area contributed by atoms with Gasteiger partial charge in [0.05, 0.1) is 7.11 Å². The molecule has 1 amide bonds. The minimum absolute atomic E-state index is 0.271. The zero-order valence-corrected chi connectivity index (χ0v) is 13.5. The Labute approximate surface area is 136 Å². The number of esters is 1. The Bertz CT molecular complexity index is 559. The fourth-order valence-corrected chi connectivity index (χ4v) is 2.88. The Hall–Kier alpha value is -2.30. The minimum Gasteiger partial charge on any atom is -0.490 e. The van der Waals surface area contributed by atoms with Crippen molar-refractivity contribution in [2.24, 2.45) is 0 Å². The van der Waals surface area contributed by atoms with E-state index >= 15 is 0 Å². The largest absolute Gasteiger partial charge is 0.490 e. The molecule has 0 aliphatic heterocycles. The number of methoxy groups -OCH3 is 1. The van der Waals surface area contributed by atoms with Crippen LogP contribution in [0.1, 0.15) is 42.5 Å². The second-order valence-electron chi connectivity index (χ2n) is 5.71. The molecule has 0 aromatic heterocycles. The van der Waals surface area contributed by atoms with Gasteiger partial charge >= 0.3 is 5.97 Å². The second kappa shape index (κ2) is 7.81. The highest BCUT2D eigenvalue weighted by molar-refractivity contribution is 5.98. The molecule has 1 aromatic carbocycles. The zero-order valence-electron chi connectivity index (χ0n) is 13.5. The standard InChI is InChI=1S/C18H23NO4/c1-3-13-23-15-9-7-14(8-10-15)16(20)19-18(17(21)22-2)11-5-4-6-12-18/h3,7-10H,1,4-6,11-13H2,2H3,(H,19,20). The van der Waals surface area contributed by atoms with Gasteiger partial charge in [-0.3, -0.25) is 4.79 Å². The van der Waals surface area contributed by atoms with E-state index in [0.29, 0.717) is 30.8 Å². The van der Waals surface area contributed by atoms with Crippen LogP contribution in [0.3, 0.4) is 0 Å². The van der Waals surface area contributed by atoms with E-state index in [9.17, 15) is 9.59 Å². The van der Waals surface area contributed by atoms with Gasteiger partial charge in [0.15, 0.2) is 0 Å². The maximum Gasteiger partial charge on any atom is 0.331 e. The summed E-state index contributed by atoms with van der Waals surface area (Å²) < 4.78 is 10.3. The number of hydrogen-bond acceptors (Lipinski definition) is 4. The van der Waals surface area contributed by atoms with Crippen LogP contribution in [-0.4, -0.2) is 31.1 Å². The topological polar surface area (TPSA) is 64.6 Å². The van der Waals surface area contributed by atoms with Gasteiger partial charge in [0.1, 0.15) is 17.9 Å². The van der Waals surface area contributed by atoms with Crippen LogP contribution in [0.2, 0.25) is 0 Å². The Balaban J connectivity index is 2.09. The first-order chi connectivity index (χ1) is 11.1. The van der Waals surface area contributed by atoms with E-state index in [4.69, 9.17) is 9.47 Å². The molecule has 0 bridgehead atoms. The Kier molecular flexibility index (Phi) is 5.79. The van der Waals surface area contributed by atoms with E-state index in [0.717, 1.165) is 19.3 Å². The van der Waals surface area contributed by atoms with Crippen LogP contribution in [0.5, 0.6) is 5.75 Å². The van der Waals surface area contributed by atoms with E-state index in [1.165, 1.54) is 7.11 Å². The van der Waals surface area contributed by atoms with Crippen molar-refractivity contribution >= 4 is 11.9 Å². The quantitative estimate of drug-likeness (QED) is 0.647. The number of benzene rings is 1. The molecular formula is C18H23NO4. The summed E-state index contributed by atoms with van der Waals surface area (Å²) in [7, 11) is 1.36. The molecule has 23 heavy (non-hydrogen) atoms. The normalized spacial score (nSPS) is 16.2. The maximum atomic E-state index is 12.5. The van der Waals surface area contributed by atoms with Crippen molar-refractivity contribution < 1.29 is 19.1 Å². The summed E-state index contributed by atoms with van der Waals surface area (Å²) >= 11 is 0. The highest BCUT2D eigenvalue weighted by atomic mass is 16.5. The highest BCUT2D eigenvalue weighted by Gasteiger charge is 2.42. The lowest BCUT2D eigenvalue weighted by atomic mass is 9.81. The van der Waals surface area contributed by atoms with Crippen LogP contribution >= 0.6 is 0 Å². The molecule has 0 heterocycles. The van der Waals surface area contributed by atoms with Crippen molar-refractivity contribution in [3.05, 3.63) is 42.5 Å². The molecule has 5 nitrogen and oxygen atoms in total. The lowest BCUT2D eigenvalue weighted by Gasteiger charge is -2.35. The van der Waals surface area contributed by atoms with Gasteiger partial charge in [-0.05, 0) is 37.1 Å². The summed E-state index contributed by atoms with van der Waals surface area (Å²) in [5.41, 5.74) is -0.410. The maximum absolute atomic E-state index is 12.5. The van der Waals surface area contributed by atoms with Gasteiger partial charge in [0.25, 0.3) is 5.91 Å². The Morgan fingerprint density at radius 3 is 2.43 bits per heavy atom. The predicted molar refractivity (Wildman–Crippen MR) is 87.4 cm³/mol. The van der Waals surface area contributed by atoms with Crippen molar-refractivity contribution in [3.8, 4) is 5.75 Å². The molecule has 5 heteroatoms. The Morgan fingerprint density at radius 1 is 1.22 bits per heavy atom. The van der Waals surface area contributed by atoms with Gasteiger partial charge in [0, 0.05) is 5.56 Å². The first-order valence-corrected chi connectivity index (χ1v) is 7.86. The summed E-state index contributed by atoms with van der Waals surface area (Å²) in [4.78, 5) is 24.6. The second-order valence-corrected chi connectivity index (χ2v) is 5.71. The van der Waals surface area contributed by atoms with Crippen LogP contribution in [0, 0.1) is 0 Å². The molecule has 0 spiro atoms. The molecule has 0 radical (unpaired) electrons. The molecule has 1 saturated carbocycles. The van der Waals surface area contributed by atoms with Crippen molar-refractivity contribution in [2.75, 3.05) is 13.7 Å². The van der Waals surface area contributed by atoms with Gasteiger partial charge < -0.3 is 14.8 Å². The molecule has 1 aliphatic rings. The minimum atomic E-state index is -0.901. The van der Waals surface area contributed by atoms with Crippen molar-refractivity contribution in [3.63, 3.8) is 0 Å². The van der Waals surface area contributed by atoms with Crippen LogP contribution in [0.4, 0.5) is 0 Å². The molecule has 0 unspecified atom stereocenters.